The Morgan fingerprint density at radius 2 is 2.19 bits per heavy atom. The van der Waals surface area contributed by atoms with Gasteiger partial charge in [0.15, 0.2) is 5.58 Å². The molecule has 0 bridgehead atoms. The highest BCUT2D eigenvalue weighted by atomic mass is 32.2. The van der Waals surface area contributed by atoms with Gasteiger partial charge >= 0.3 is 0 Å². The standard InChI is InChI=1S/C14H18N4O2S/c1-17-6-8-18(9-7-17)16-13(19)10-21-14-15-11-4-2-3-5-12(11)20-14/h2-5H,6-10H2,1H3,(H,16,19)/p+1. The molecule has 7 heteroatoms. The summed E-state index contributed by atoms with van der Waals surface area (Å²) in [6.07, 6.45) is 0. The molecule has 0 aliphatic carbocycles. The van der Waals surface area contributed by atoms with Crippen molar-refractivity contribution in [3.63, 3.8) is 0 Å². The fourth-order valence-corrected chi connectivity index (χ4v) is 2.88. The van der Waals surface area contributed by atoms with Crippen LogP contribution in [0, 0.1) is 0 Å². The highest BCUT2D eigenvalue weighted by molar-refractivity contribution is 7.99. The fraction of sp³-hybridized carbons (Fsp3) is 0.429. The molecule has 3 rings (SSSR count). The largest absolute Gasteiger partial charge is 0.431 e. The summed E-state index contributed by atoms with van der Waals surface area (Å²) < 4.78 is 5.58. The van der Waals surface area contributed by atoms with Crippen molar-refractivity contribution in [3.05, 3.63) is 24.3 Å². The Bertz CT molecular complexity index is 589. The Hall–Kier alpha value is -1.57. The van der Waals surface area contributed by atoms with E-state index in [4.69, 9.17) is 4.42 Å². The minimum absolute atomic E-state index is 0.0122. The first-order valence-corrected chi connectivity index (χ1v) is 8.03. The maximum atomic E-state index is 11.9. The molecule has 1 fully saturated rings. The van der Waals surface area contributed by atoms with Crippen molar-refractivity contribution in [1.29, 1.82) is 0 Å². The van der Waals surface area contributed by atoms with E-state index >= 15 is 0 Å². The van der Waals surface area contributed by atoms with E-state index in [0.717, 1.165) is 37.3 Å². The summed E-state index contributed by atoms with van der Waals surface area (Å²) in [5, 5.41) is 2.52. The number of quaternary nitrogens is 1. The van der Waals surface area contributed by atoms with E-state index in [1.807, 2.05) is 29.3 Å². The van der Waals surface area contributed by atoms with Gasteiger partial charge in [-0.15, -0.1) is 0 Å². The number of para-hydroxylation sites is 2. The van der Waals surface area contributed by atoms with E-state index in [0.29, 0.717) is 11.0 Å². The second-order valence-corrected chi connectivity index (χ2v) is 6.14. The number of hydrazine groups is 1. The summed E-state index contributed by atoms with van der Waals surface area (Å²) in [5.74, 6) is 0.299. The lowest BCUT2D eigenvalue weighted by molar-refractivity contribution is -0.884. The van der Waals surface area contributed by atoms with E-state index in [1.54, 1.807) is 0 Å². The lowest BCUT2D eigenvalue weighted by Gasteiger charge is -2.29. The molecule has 0 atom stereocenters. The average Bonchev–Trinajstić information content (AvgIpc) is 2.90. The SMILES string of the molecule is C[NH+]1CCN(NC(=O)CSc2nc3ccccc3o2)CC1. The first kappa shape index (κ1) is 14.4. The molecule has 21 heavy (non-hydrogen) atoms. The Balaban J connectivity index is 1.49. The highest BCUT2D eigenvalue weighted by Crippen LogP contribution is 2.22. The van der Waals surface area contributed by atoms with E-state index in [1.165, 1.54) is 16.7 Å². The third-order valence-electron chi connectivity index (χ3n) is 3.50. The number of nitrogens with zero attached hydrogens (tertiary/aromatic N) is 2. The number of likely N-dealkylation sites (N-methyl/N-ethyl adjacent to an activating group) is 1. The zero-order valence-corrected chi connectivity index (χ0v) is 12.8. The van der Waals surface area contributed by atoms with Gasteiger partial charge in [0.1, 0.15) is 5.52 Å². The van der Waals surface area contributed by atoms with Gasteiger partial charge in [-0.05, 0) is 12.1 Å². The van der Waals surface area contributed by atoms with E-state index < -0.39 is 0 Å². The maximum Gasteiger partial charge on any atom is 0.257 e. The molecule has 6 nitrogen and oxygen atoms in total. The van der Waals surface area contributed by atoms with Gasteiger partial charge in [-0.2, -0.15) is 0 Å². The first-order valence-electron chi connectivity index (χ1n) is 7.05. The Morgan fingerprint density at radius 1 is 1.43 bits per heavy atom. The van der Waals surface area contributed by atoms with Gasteiger partial charge in [-0.3, -0.25) is 10.2 Å². The molecule has 1 saturated heterocycles. The zero-order chi connectivity index (χ0) is 14.7. The molecule has 112 valence electrons. The number of fused-ring (bicyclic) bond motifs is 1. The van der Waals surface area contributed by atoms with Crippen LogP contribution < -0.4 is 10.3 Å². The van der Waals surface area contributed by atoms with Crippen LogP contribution in [-0.4, -0.2) is 54.9 Å². The van der Waals surface area contributed by atoms with Crippen LogP contribution in [0.5, 0.6) is 0 Å². The number of hydrogen-bond donors (Lipinski definition) is 2. The second-order valence-electron chi connectivity index (χ2n) is 5.22. The van der Waals surface area contributed by atoms with Crippen molar-refractivity contribution in [2.24, 2.45) is 0 Å². The number of oxazole rings is 1. The topological polar surface area (TPSA) is 62.8 Å². The van der Waals surface area contributed by atoms with Crippen LogP contribution in [-0.2, 0) is 4.79 Å². The Labute approximate surface area is 127 Å². The molecular weight excluding hydrogens is 288 g/mol. The summed E-state index contributed by atoms with van der Waals surface area (Å²) in [6.45, 7) is 3.90. The molecule has 0 unspecified atom stereocenters. The maximum absolute atomic E-state index is 11.9. The number of carbonyl (C=O) groups is 1. The van der Waals surface area contributed by atoms with Crippen molar-refractivity contribution in [1.82, 2.24) is 15.4 Å². The summed E-state index contributed by atoms with van der Waals surface area (Å²) in [6, 6.07) is 7.60. The lowest BCUT2D eigenvalue weighted by atomic mass is 10.3. The van der Waals surface area contributed by atoms with Gasteiger partial charge in [-0.25, -0.2) is 9.99 Å². The van der Waals surface area contributed by atoms with Crippen LogP contribution in [0.15, 0.2) is 33.9 Å². The molecule has 1 aromatic heterocycles. The molecule has 1 aliphatic heterocycles. The normalized spacial score (nSPS) is 17.2. The highest BCUT2D eigenvalue weighted by Gasteiger charge is 2.18. The van der Waals surface area contributed by atoms with Crippen LogP contribution >= 0.6 is 11.8 Å². The van der Waals surface area contributed by atoms with Gasteiger partial charge in [0.2, 0.25) is 5.91 Å². The van der Waals surface area contributed by atoms with Gasteiger partial charge in [0.05, 0.1) is 39.0 Å². The predicted molar refractivity (Wildman–Crippen MR) is 81.1 cm³/mol. The van der Waals surface area contributed by atoms with Crippen molar-refractivity contribution in [3.8, 4) is 0 Å². The van der Waals surface area contributed by atoms with E-state index in [-0.39, 0.29) is 5.91 Å². The monoisotopic (exact) mass is 307 g/mol. The van der Waals surface area contributed by atoms with Crippen LogP contribution in [0.2, 0.25) is 0 Å². The molecule has 1 aliphatic rings. The molecule has 0 spiro atoms. The van der Waals surface area contributed by atoms with Gasteiger partial charge in [0.25, 0.3) is 5.22 Å². The lowest BCUT2D eigenvalue weighted by Crippen LogP contribution is -3.12. The molecule has 0 radical (unpaired) electrons. The smallest absolute Gasteiger partial charge is 0.257 e. The molecule has 2 aromatic rings. The van der Waals surface area contributed by atoms with Gasteiger partial charge < -0.3 is 9.32 Å². The van der Waals surface area contributed by atoms with E-state index in [9.17, 15) is 4.79 Å². The number of thioether (sulfide) groups is 1. The number of aromatic nitrogens is 1. The number of hydrogen-bond acceptors (Lipinski definition) is 5. The number of benzene rings is 1. The number of rotatable bonds is 4. The second kappa shape index (κ2) is 6.46. The summed E-state index contributed by atoms with van der Waals surface area (Å²) in [5.41, 5.74) is 4.51. The van der Waals surface area contributed by atoms with Gasteiger partial charge in [-0.1, -0.05) is 23.9 Å². The summed E-state index contributed by atoms with van der Waals surface area (Å²) >= 11 is 1.32. The zero-order valence-electron chi connectivity index (χ0n) is 12.0. The molecular formula is C14H19N4O2S+. The minimum Gasteiger partial charge on any atom is -0.431 e. The summed E-state index contributed by atoms with van der Waals surface area (Å²) in [7, 11) is 2.17. The first-order chi connectivity index (χ1) is 10.2. The molecule has 0 saturated carbocycles. The Morgan fingerprint density at radius 3 is 2.95 bits per heavy atom. The number of piperazine rings is 1. The van der Waals surface area contributed by atoms with Crippen molar-refractivity contribution in [2.75, 3.05) is 39.0 Å². The van der Waals surface area contributed by atoms with E-state index in [2.05, 4.69) is 17.5 Å². The number of nitrogens with one attached hydrogen (secondary N) is 2. The Kier molecular flexibility index (Phi) is 4.42. The average molecular weight is 307 g/mol. The van der Waals surface area contributed by atoms with Gasteiger partial charge in [0, 0.05) is 0 Å². The number of amides is 1. The molecule has 1 aromatic carbocycles. The van der Waals surface area contributed by atoms with Crippen molar-refractivity contribution >= 4 is 28.8 Å². The molecule has 2 N–H and O–H groups in total. The van der Waals surface area contributed by atoms with Crippen LogP contribution in [0.3, 0.4) is 0 Å². The quantitative estimate of drug-likeness (QED) is 0.765. The van der Waals surface area contributed by atoms with Crippen molar-refractivity contribution in [2.45, 2.75) is 5.22 Å². The van der Waals surface area contributed by atoms with Crippen LogP contribution in [0.25, 0.3) is 11.1 Å². The predicted octanol–water partition coefficient (Wildman–Crippen LogP) is -0.219. The third-order valence-corrected chi connectivity index (χ3v) is 4.33. The third kappa shape index (κ3) is 3.75. The minimum atomic E-state index is -0.0122. The molecule has 1 amide bonds. The van der Waals surface area contributed by atoms with Crippen molar-refractivity contribution < 1.29 is 14.1 Å². The van der Waals surface area contributed by atoms with Crippen LogP contribution in [0.4, 0.5) is 0 Å². The van der Waals surface area contributed by atoms with Crippen LogP contribution in [0.1, 0.15) is 0 Å². The summed E-state index contributed by atoms with van der Waals surface area (Å²) in [4.78, 5) is 17.8. The number of carbonyl (C=O) groups excluding carboxylic acids is 1. The fourth-order valence-electron chi connectivity index (χ4n) is 2.25. The molecule has 2 heterocycles.